The molecule has 1 unspecified atom stereocenters. The third-order valence-electron chi connectivity index (χ3n) is 3.13. The molecule has 1 aromatic rings. The Labute approximate surface area is 116 Å². The first-order valence-corrected chi connectivity index (χ1v) is 6.32. The van der Waals surface area contributed by atoms with Gasteiger partial charge >= 0.3 is 5.97 Å². The van der Waals surface area contributed by atoms with E-state index in [0.717, 1.165) is 0 Å². The number of esters is 1. The average molecular weight is 281 g/mol. The van der Waals surface area contributed by atoms with Gasteiger partial charge in [0.25, 0.3) is 0 Å². The van der Waals surface area contributed by atoms with Gasteiger partial charge in [0.15, 0.2) is 6.10 Å². The fourth-order valence-electron chi connectivity index (χ4n) is 2.08. The van der Waals surface area contributed by atoms with Gasteiger partial charge in [-0.2, -0.15) is 0 Å². The summed E-state index contributed by atoms with van der Waals surface area (Å²) in [5.74, 6) is -1.02. The van der Waals surface area contributed by atoms with Gasteiger partial charge in [0, 0.05) is 6.54 Å². The Hall–Kier alpha value is -1.95. The van der Waals surface area contributed by atoms with Crippen LogP contribution in [0.5, 0.6) is 0 Å². The molecule has 0 aliphatic carbocycles. The molecule has 108 valence electrons. The van der Waals surface area contributed by atoms with Crippen LogP contribution in [0.15, 0.2) is 24.3 Å². The molecule has 0 saturated carbocycles. The lowest BCUT2D eigenvalue weighted by molar-refractivity contribution is -0.162. The number of hydrogen-bond donors (Lipinski definition) is 0. The summed E-state index contributed by atoms with van der Waals surface area (Å²) in [6, 6.07) is 5.92. The van der Waals surface area contributed by atoms with E-state index in [9.17, 15) is 14.0 Å². The van der Waals surface area contributed by atoms with Crippen LogP contribution in [0.2, 0.25) is 0 Å². The van der Waals surface area contributed by atoms with Gasteiger partial charge in [0.05, 0.1) is 26.7 Å². The van der Waals surface area contributed by atoms with Gasteiger partial charge in [-0.25, -0.2) is 9.18 Å². The lowest BCUT2D eigenvalue weighted by atomic mass is 10.1. The monoisotopic (exact) mass is 281 g/mol. The second kappa shape index (κ2) is 6.47. The molecule has 1 fully saturated rings. The normalized spacial score (nSPS) is 18.7. The number of hydrogen-bond acceptors (Lipinski definition) is 4. The fraction of sp³-hybridized carbons (Fsp3) is 0.429. The fourth-order valence-corrected chi connectivity index (χ4v) is 2.08. The summed E-state index contributed by atoms with van der Waals surface area (Å²) in [6.07, 6.45) is -0.642. The molecule has 1 amide bonds. The molecule has 0 aromatic heterocycles. The Kier molecular flexibility index (Phi) is 4.68. The van der Waals surface area contributed by atoms with E-state index in [0.29, 0.717) is 12.1 Å². The second-order valence-corrected chi connectivity index (χ2v) is 4.53. The van der Waals surface area contributed by atoms with Gasteiger partial charge in [-0.05, 0) is 17.7 Å². The molecule has 1 atom stereocenters. The Morgan fingerprint density at radius 2 is 2.30 bits per heavy atom. The summed E-state index contributed by atoms with van der Waals surface area (Å²) < 4.78 is 22.9. The molecule has 0 bridgehead atoms. The van der Waals surface area contributed by atoms with Crippen molar-refractivity contribution in [2.24, 2.45) is 0 Å². The topological polar surface area (TPSA) is 55.8 Å². The molecule has 20 heavy (non-hydrogen) atoms. The molecule has 0 radical (unpaired) electrons. The van der Waals surface area contributed by atoms with Crippen molar-refractivity contribution in [2.45, 2.75) is 12.5 Å². The number of rotatable bonds is 3. The van der Waals surface area contributed by atoms with Crippen LogP contribution in [0.4, 0.5) is 4.39 Å². The third kappa shape index (κ3) is 3.54. The van der Waals surface area contributed by atoms with Crippen molar-refractivity contribution in [3.8, 4) is 0 Å². The predicted octanol–water partition coefficient (Wildman–Crippen LogP) is 0.769. The lowest BCUT2D eigenvalue weighted by Gasteiger charge is -2.31. The minimum atomic E-state index is -0.745. The first kappa shape index (κ1) is 14.5. The first-order valence-electron chi connectivity index (χ1n) is 6.32. The number of halogens is 1. The van der Waals surface area contributed by atoms with Gasteiger partial charge in [-0.1, -0.05) is 12.1 Å². The highest BCUT2D eigenvalue weighted by molar-refractivity contribution is 5.81. The van der Waals surface area contributed by atoms with Crippen molar-refractivity contribution in [2.75, 3.05) is 26.8 Å². The van der Waals surface area contributed by atoms with E-state index < -0.39 is 12.1 Å². The summed E-state index contributed by atoms with van der Waals surface area (Å²) >= 11 is 0. The lowest BCUT2D eigenvalue weighted by Crippen LogP contribution is -2.49. The van der Waals surface area contributed by atoms with Gasteiger partial charge in [-0.3, -0.25) is 4.79 Å². The number of nitrogens with zero attached hydrogens (tertiary/aromatic N) is 1. The van der Waals surface area contributed by atoms with E-state index in [-0.39, 0.29) is 31.3 Å². The zero-order valence-electron chi connectivity index (χ0n) is 11.2. The number of benzene rings is 1. The number of carbonyl (C=O) groups excluding carboxylic acids is 2. The van der Waals surface area contributed by atoms with Gasteiger partial charge < -0.3 is 14.4 Å². The molecule has 1 saturated heterocycles. The maximum absolute atomic E-state index is 13.1. The summed E-state index contributed by atoms with van der Waals surface area (Å²) in [4.78, 5) is 25.1. The summed E-state index contributed by atoms with van der Waals surface area (Å²) in [7, 11) is 1.28. The number of ether oxygens (including phenoxy) is 2. The Bertz CT molecular complexity index is 506. The molecular weight excluding hydrogens is 265 g/mol. The second-order valence-electron chi connectivity index (χ2n) is 4.53. The molecule has 1 aromatic carbocycles. The number of amides is 1. The molecule has 6 heteroatoms. The van der Waals surface area contributed by atoms with E-state index in [1.54, 1.807) is 12.1 Å². The highest BCUT2D eigenvalue weighted by Gasteiger charge is 2.29. The minimum absolute atomic E-state index is 0.103. The van der Waals surface area contributed by atoms with Crippen LogP contribution in [0, 0.1) is 5.82 Å². The van der Waals surface area contributed by atoms with Crippen molar-refractivity contribution in [3.05, 3.63) is 35.6 Å². The third-order valence-corrected chi connectivity index (χ3v) is 3.13. The Morgan fingerprint density at radius 3 is 3.00 bits per heavy atom. The van der Waals surface area contributed by atoms with E-state index >= 15 is 0 Å². The molecule has 2 rings (SSSR count). The average Bonchev–Trinajstić information content (AvgIpc) is 2.46. The molecule has 1 aliphatic heterocycles. The molecule has 0 N–H and O–H groups in total. The summed E-state index contributed by atoms with van der Waals surface area (Å²) in [5, 5.41) is 0. The zero-order chi connectivity index (χ0) is 14.5. The van der Waals surface area contributed by atoms with E-state index in [2.05, 4.69) is 4.74 Å². The maximum Gasteiger partial charge on any atom is 0.336 e. The smallest absolute Gasteiger partial charge is 0.336 e. The Morgan fingerprint density at radius 1 is 1.50 bits per heavy atom. The quantitative estimate of drug-likeness (QED) is 0.768. The molecule has 0 spiro atoms. The first-order chi connectivity index (χ1) is 9.60. The van der Waals surface area contributed by atoms with Crippen molar-refractivity contribution in [3.63, 3.8) is 0 Å². The van der Waals surface area contributed by atoms with Crippen LogP contribution in [0.1, 0.15) is 5.56 Å². The highest BCUT2D eigenvalue weighted by atomic mass is 19.1. The van der Waals surface area contributed by atoms with Gasteiger partial charge in [0.1, 0.15) is 5.82 Å². The van der Waals surface area contributed by atoms with E-state index in [4.69, 9.17) is 4.74 Å². The van der Waals surface area contributed by atoms with E-state index in [1.807, 2.05) is 0 Å². The number of morpholine rings is 1. The van der Waals surface area contributed by atoms with Crippen LogP contribution >= 0.6 is 0 Å². The van der Waals surface area contributed by atoms with Crippen molar-refractivity contribution < 1.29 is 23.5 Å². The molecule has 1 heterocycles. The van der Waals surface area contributed by atoms with Crippen LogP contribution in [-0.2, 0) is 25.5 Å². The zero-order valence-corrected chi connectivity index (χ0v) is 11.2. The van der Waals surface area contributed by atoms with Crippen molar-refractivity contribution >= 4 is 11.9 Å². The van der Waals surface area contributed by atoms with Crippen molar-refractivity contribution in [1.29, 1.82) is 0 Å². The standard InChI is InChI=1S/C14H16FNO4/c1-19-14(18)12-9-16(5-6-20-12)13(17)8-10-3-2-4-11(15)7-10/h2-4,7,12H,5-6,8-9H2,1H3. The van der Waals surface area contributed by atoms with Crippen LogP contribution in [0.25, 0.3) is 0 Å². The maximum atomic E-state index is 13.1. The van der Waals surface area contributed by atoms with Crippen LogP contribution in [0.3, 0.4) is 0 Å². The minimum Gasteiger partial charge on any atom is -0.467 e. The molecular formula is C14H16FNO4. The molecule has 5 nitrogen and oxygen atoms in total. The predicted molar refractivity (Wildman–Crippen MR) is 68.4 cm³/mol. The molecule has 1 aliphatic rings. The van der Waals surface area contributed by atoms with Gasteiger partial charge in [-0.15, -0.1) is 0 Å². The number of carbonyl (C=O) groups is 2. The van der Waals surface area contributed by atoms with Crippen molar-refractivity contribution in [1.82, 2.24) is 4.90 Å². The van der Waals surface area contributed by atoms with Crippen LogP contribution < -0.4 is 0 Å². The largest absolute Gasteiger partial charge is 0.467 e. The summed E-state index contributed by atoms with van der Waals surface area (Å²) in [5.41, 5.74) is 0.608. The SMILES string of the molecule is COC(=O)C1CN(C(=O)Cc2cccc(F)c2)CCO1. The van der Waals surface area contributed by atoms with Gasteiger partial charge in [0.2, 0.25) is 5.91 Å². The highest BCUT2D eigenvalue weighted by Crippen LogP contribution is 2.11. The summed E-state index contributed by atoms with van der Waals surface area (Å²) in [6.45, 7) is 0.872. The Balaban J connectivity index is 1.97. The van der Waals surface area contributed by atoms with E-state index in [1.165, 1.54) is 24.1 Å². The van der Waals surface area contributed by atoms with Crippen LogP contribution in [-0.4, -0.2) is 49.7 Å². The number of methoxy groups -OCH3 is 1.